The largest absolute Gasteiger partial charge is 0.495 e. The molecule has 4 heteroatoms. The van der Waals surface area contributed by atoms with Gasteiger partial charge in [-0.2, -0.15) is 0 Å². The van der Waals surface area contributed by atoms with Gasteiger partial charge in [-0.3, -0.25) is 0 Å². The van der Waals surface area contributed by atoms with E-state index >= 15 is 0 Å². The van der Waals surface area contributed by atoms with E-state index in [1.54, 1.807) is 7.11 Å². The van der Waals surface area contributed by atoms with Crippen LogP contribution in [-0.4, -0.2) is 13.7 Å². The lowest BCUT2D eigenvalue weighted by atomic mass is 9.77. The fraction of sp³-hybridized carbons (Fsp3) is 0.368. The molecule has 0 amide bonds. The normalized spacial score (nSPS) is 15.6. The molecule has 3 rings (SSSR count). The molecule has 0 saturated carbocycles. The first kappa shape index (κ1) is 16.2. The highest BCUT2D eigenvalue weighted by Crippen LogP contribution is 2.53. The first-order valence-corrected chi connectivity index (χ1v) is 8.85. The minimum atomic E-state index is 0.120. The Kier molecular flexibility index (Phi) is 4.28. The van der Waals surface area contributed by atoms with Crippen molar-refractivity contribution in [2.75, 3.05) is 24.3 Å². The van der Waals surface area contributed by atoms with Gasteiger partial charge in [-0.1, -0.05) is 41.9 Å². The van der Waals surface area contributed by atoms with Gasteiger partial charge in [-0.05, 0) is 42.7 Å². The smallest absolute Gasteiger partial charge is 0.143 e. The molecular weight excluding hydrogens is 352 g/mol. The number of anilines is 3. The van der Waals surface area contributed by atoms with Gasteiger partial charge >= 0.3 is 0 Å². The first-order chi connectivity index (χ1) is 11.1. The van der Waals surface area contributed by atoms with Crippen molar-refractivity contribution in [3.63, 3.8) is 0 Å². The van der Waals surface area contributed by atoms with Gasteiger partial charge in [0.05, 0.1) is 24.2 Å². The quantitative estimate of drug-likeness (QED) is 0.742. The number of halogens is 1. The molecule has 0 unspecified atom stereocenters. The van der Waals surface area contributed by atoms with Crippen LogP contribution in [0.2, 0.25) is 0 Å². The maximum Gasteiger partial charge on any atom is 0.143 e. The number of para-hydroxylation sites is 2. The number of ether oxygens (including phenoxy) is 1. The van der Waals surface area contributed by atoms with Crippen LogP contribution in [-0.2, 0) is 5.41 Å². The van der Waals surface area contributed by atoms with Gasteiger partial charge in [0.25, 0.3) is 0 Å². The molecule has 0 aliphatic carbocycles. The number of benzene rings is 2. The number of hydrogen-bond donors (Lipinski definition) is 1. The molecule has 0 radical (unpaired) electrons. The van der Waals surface area contributed by atoms with E-state index in [0.29, 0.717) is 0 Å². The SMILES string of the molecule is CCC1(CC)CN(c2ccccc2N)c2c(OC)cc(Br)cc21. The molecule has 0 fully saturated rings. The van der Waals surface area contributed by atoms with E-state index in [9.17, 15) is 0 Å². The number of nitrogen functional groups attached to an aromatic ring is 1. The van der Waals surface area contributed by atoms with Crippen molar-refractivity contribution in [3.05, 3.63) is 46.4 Å². The Hall–Kier alpha value is -1.68. The summed E-state index contributed by atoms with van der Waals surface area (Å²) in [4.78, 5) is 2.32. The molecule has 0 spiro atoms. The van der Waals surface area contributed by atoms with E-state index in [-0.39, 0.29) is 5.41 Å². The van der Waals surface area contributed by atoms with Crippen LogP contribution in [0.4, 0.5) is 17.1 Å². The monoisotopic (exact) mass is 374 g/mol. The standard InChI is InChI=1S/C19H23BrN2O/c1-4-19(5-2)12-22(16-9-7-6-8-15(16)21)18-14(19)10-13(20)11-17(18)23-3/h6-11H,4-5,12,21H2,1-3H3. The molecule has 122 valence electrons. The van der Waals surface area contributed by atoms with Crippen molar-refractivity contribution >= 4 is 33.0 Å². The van der Waals surface area contributed by atoms with Crippen molar-refractivity contribution in [1.29, 1.82) is 0 Å². The third-order valence-electron chi connectivity index (χ3n) is 5.14. The highest BCUT2D eigenvalue weighted by molar-refractivity contribution is 9.10. The molecule has 2 N–H and O–H groups in total. The molecule has 2 aromatic rings. The fourth-order valence-corrected chi connectivity index (χ4v) is 4.11. The summed E-state index contributed by atoms with van der Waals surface area (Å²) in [5.41, 5.74) is 10.7. The molecule has 23 heavy (non-hydrogen) atoms. The average Bonchev–Trinajstić information content (AvgIpc) is 2.89. The molecule has 0 saturated heterocycles. The minimum Gasteiger partial charge on any atom is -0.495 e. The summed E-state index contributed by atoms with van der Waals surface area (Å²) >= 11 is 3.63. The van der Waals surface area contributed by atoms with Gasteiger partial charge in [0.1, 0.15) is 5.75 Å². The van der Waals surface area contributed by atoms with E-state index in [2.05, 4.69) is 46.8 Å². The third kappa shape index (κ3) is 2.49. The Morgan fingerprint density at radius 1 is 1.22 bits per heavy atom. The maximum absolute atomic E-state index is 6.26. The third-order valence-corrected chi connectivity index (χ3v) is 5.60. The molecule has 1 aliphatic heterocycles. The predicted molar refractivity (Wildman–Crippen MR) is 101 cm³/mol. The van der Waals surface area contributed by atoms with Crippen molar-refractivity contribution in [3.8, 4) is 5.75 Å². The molecule has 0 bridgehead atoms. The Balaban J connectivity index is 2.26. The summed E-state index contributed by atoms with van der Waals surface area (Å²) in [7, 11) is 1.73. The van der Waals surface area contributed by atoms with Gasteiger partial charge in [-0.15, -0.1) is 0 Å². The Morgan fingerprint density at radius 3 is 2.52 bits per heavy atom. The van der Waals surface area contributed by atoms with Gasteiger partial charge in [0.2, 0.25) is 0 Å². The topological polar surface area (TPSA) is 38.5 Å². The number of fused-ring (bicyclic) bond motifs is 1. The second kappa shape index (κ2) is 6.08. The molecule has 0 aromatic heterocycles. The molecule has 1 heterocycles. The van der Waals surface area contributed by atoms with Gasteiger partial charge < -0.3 is 15.4 Å². The molecule has 2 aromatic carbocycles. The maximum atomic E-state index is 6.26. The Labute approximate surface area is 146 Å². The van der Waals surface area contributed by atoms with Crippen LogP contribution in [0.15, 0.2) is 40.9 Å². The van der Waals surface area contributed by atoms with Gasteiger partial charge in [0, 0.05) is 16.4 Å². The molecular formula is C19H23BrN2O. The predicted octanol–water partition coefficient (Wildman–Crippen LogP) is 5.25. The van der Waals surface area contributed by atoms with Crippen LogP contribution in [0.5, 0.6) is 5.75 Å². The van der Waals surface area contributed by atoms with Crippen molar-refractivity contribution in [2.45, 2.75) is 32.1 Å². The number of methoxy groups -OCH3 is 1. The summed E-state index contributed by atoms with van der Waals surface area (Å²) < 4.78 is 6.76. The summed E-state index contributed by atoms with van der Waals surface area (Å²) in [6.07, 6.45) is 2.17. The van der Waals surface area contributed by atoms with E-state index in [4.69, 9.17) is 10.5 Å². The van der Waals surface area contributed by atoms with Crippen LogP contribution in [0.25, 0.3) is 0 Å². The van der Waals surface area contributed by atoms with E-state index in [0.717, 1.165) is 46.7 Å². The summed E-state index contributed by atoms with van der Waals surface area (Å²) in [6, 6.07) is 12.3. The van der Waals surface area contributed by atoms with Gasteiger partial charge in [0.15, 0.2) is 0 Å². The molecule has 0 atom stereocenters. The first-order valence-electron chi connectivity index (χ1n) is 8.06. The van der Waals surface area contributed by atoms with Gasteiger partial charge in [-0.25, -0.2) is 0 Å². The van der Waals surface area contributed by atoms with Crippen LogP contribution in [0.1, 0.15) is 32.3 Å². The highest BCUT2D eigenvalue weighted by atomic mass is 79.9. The zero-order valence-corrected chi connectivity index (χ0v) is 15.5. The zero-order valence-electron chi connectivity index (χ0n) is 13.9. The second-order valence-electron chi connectivity index (χ2n) is 6.14. The number of rotatable bonds is 4. The van der Waals surface area contributed by atoms with Crippen molar-refractivity contribution < 1.29 is 4.74 Å². The highest BCUT2D eigenvalue weighted by Gasteiger charge is 2.43. The number of nitrogens with zero attached hydrogens (tertiary/aromatic N) is 1. The summed E-state index contributed by atoms with van der Waals surface area (Å²) in [5.74, 6) is 0.890. The minimum absolute atomic E-state index is 0.120. The molecule has 1 aliphatic rings. The van der Waals surface area contributed by atoms with E-state index in [1.807, 2.05) is 24.3 Å². The Morgan fingerprint density at radius 2 is 1.91 bits per heavy atom. The van der Waals surface area contributed by atoms with Crippen LogP contribution >= 0.6 is 15.9 Å². The Bertz CT molecular complexity index is 725. The van der Waals surface area contributed by atoms with Crippen molar-refractivity contribution in [2.24, 2.45) is 0 Å². The van der Waals surface area contributed by atoms with Crippen LogP contribution in [0.3, 0.4) is 0 Å². The van der Waals surface area contributed by atoms with E-state index in [1.165, 1.54) is 5.56 Å². The van der Waals surface area contributed by atoms with Crippen LogP contribution in [0, 0.1) is 0 Å². The summed E-state index contributed by atoms with van der Waals surface area (Å²) in [5, 5.41) is 0. The summed E-state index contributed by atoms with van der Waals surface area (Å²) in [6.45, 7) is 5.45. The fourth-order valence-electron chi connectivity index (χ4n) is 3.67. The zero-order chi connectivity index (χ0) is 16.6. The average molecular weight is 375 g/mol. The molecule has 3 nitrogen and oxygen atoms in total. The van der Waals surface area contributed by atoms with E-state index < -0.39 is 0 Å². The number of nitrogens with two attached hydrogens (primary N) is 1. The lowest BCUT2D eigenvalue weighted by molar-refractivity contribution is 0.415. The second-order valence-corrected chi connectivity index (χ2v) is 7.05. The number of hydrogen-bond acceptors (Lipinski definition) is 3. The lowest BCUT2D eigenvalue weighted by Gasteiger charge is -2.28. The van der Waals surface area contributed by atoms with Crippen LogP contribution < -0.4 is 15.4 Å². The van der Waals surface area contributed by atoms with Crippen molar-refractivity contribution in [1.82, 2.24) is 0 Å². The lowest BCUT2D eigenvalue weighted by Crippen LogP contribution is -2.30.